The zero-order valence-electron chi connectivity index (χ0n) is 16.0. The lowest BCUT2D eigenvalue weighted by molar-refractivity contribution is -0.132. The van der Waals surface area contributed by atoms with Crippen molar-refractivity contribution in [2.45, 2.75) is 6.04 Å². The summed E-state index contributed by atoms with van der Waals surface area (Å²) < 4.78 is 10.7. The summed E-state index contributed by atoms with van der Waals surface area (Å²) in [5.74, 6) is -0.894. The lowest BCUT2D eigenvalue weighted by Crippen LogP contribution is -2.29. The molecular formula is C23H15ClN2O5. The van der Waals surface area contributed by atoms with E-state index < -0.39 is 17.7 Å². The number of carbonyl (C=O) groups excluding carboxylic acids is 2. The molecule has 5 rings (SSSR count). The quantitative estimate of drug-likeness (QED) is 0.379. The molecule has 7 nitrogen and oxygen atoms in total. The molecule has 8 heteroatoms. The minimum Gasteiger partial charge on any atom is -0.507 e. The number of anilines is 1. The average Bonchev–Trinajstić information content (AvgIpc) is 3.37. The summed E-state index contributed by atoms with van der Waals surface area (Å²) in [7, 11) is 0. The normalized spacial score (nSPS) is 19.1. The van der Waals surface area contributed by atoms with Gasteiger partial charge in [0.1, 0.15) is 11.8 Å². The third-order valence-corrected chi connectivity index (χ3v) is 5.42. The number of ether oxygens (including phenoxy) is 2. The molecule has 2 aromatic carbocycles. The van der Waals surface area contributed by atoms with Crippen molar-refractivity contribution >= 4 is 34.7 Å². The van der Waals surface area contributed by atoms with Gasteiger partial charge in [-0.1, -0.05) is 17.7 Å². The highest BCUT2D eigenvalue weighted by atomic mass is 35.5. The van der Waals surface area contributed by atoms with Crippen LogP contribution in [0.4, 0.5) is 5.69 Å². The second kappa shape index (κ2) is 7.45. The van der Waals surface area contributed by atoms with Gasteiger partial charge in [-0.2, -0.15) is 0 Å². The topological polar surface area (TPSA) is 89.0 Å². The lowest BCUT2D eigenvalue weighted by Gasteiger charge is -2.24. The van der Waals surface area contributed by atoms with Crippen molar-refractivity contribution in [2.24, 2.45) is 0 Å². The maximum atomic E-state index is 13.1. The minimum atomic E-state index is -0.909. The van der Waals surface area contributed by atoms with Crippen LogP contribution in [0.5, 0.6) is 11.5 Å². The van der Waals surface area contributed by atoms with Crippen LogP contribution in [0.25, 0.3) is 5.76 Å². The van der Waals surface area contributed by atoms with E-state index in [0.717, 1.165) is 0 Å². The number of halogens is 1. The molecule has 0 radical (unpaired) electrons. The van der Waals surface area contributed by atoms with Crippen LogP contribution in [0.15, 0.2) is 72.4 Å². The van der Waals surface area contributed by atoms with Crippen LogP contribution >= 0.6 is 11.6 Å². The molecule has 1 amide bonds. The average molecular weight is 435 g/mol. The molecule has 31 heavy (non-hydrogen) atoms. The first-order chi connectivity index (χ1) is 15.0. The smallest absolute Gasteiger partial charge is 0.300 e. The van der Waals surface area contributed by atoms with E-state index in [2.05, 4.69) is 4.98 Å². The van der Waals surface area contributed by atoms with Crippen molar-refractivity contribution in [3.05, 3.63) is 88.7 Å². The Bertz CT molecular complexity index is 1220. The Balaban J connectivity index is 1.69. The van der Waals surface area contributed by atoms with E-state index in [4.69, 9.17) is 21.1 Å². The zero-order valence-corrected chi connectivity index (χ0v) is 16.7. The molecule has 0 saturated carbocycles. The first-order valence-corrected chi connectivity index (χ1v) is 9.80. The number of hydrogen-bond acceptors (Lipinski definition) is 6. The van der Waals surface area contributed by atoms with E-state index >= 15 is 0 Å². The standard InChI is InChI=1S/C23H15ClN2O5/c24-14-5-7-15(8-6-14)26-20(16-3-1-2-10-25-16)19(22(28)23(26)29)21(27)13-4-9-17-18(11-13)31-12-30-17/h1-11,20,27H,12H2/b21-19-. The number of nitrogens with zero attached hydrogens (tertiary/aromatic N) is 2. The van der Waals surface area contributed by atoms with Gasteiger partial charge < -0.3 is 14.6 Å². The number of ketones is 1. The van der Waals surface area contributed by atoms with Gasteiger partial charge in [0, 0.05) is 22.5 Å². The van der Waals surface area contributed by atoms with Crippen molar-refractivity contribution in [1.82, 2.24) is 4.98 Å². The van der Waals surface area contributed by atoms with Crippen LogP contribution in [0.2, 0.25) is 5.02 Å². The number of aliphatic hydroxyl groups excluding tert-OH is 1. The molecule has 0 spiro atoms. The van der Waals surface area contributed by atoms with Gasteiger partial charge in [0.2, 0.25) is 6.79 Å². The number of Topliss-reactive ketones (excluding diaryl/α,β-unsaturated/α-hetero) is 1. The SMILES string of the molecule is O=C1C(=O)N(c2ccc(Cl)cc2)C(c2ccccn2)/C1=C(/O)c1ccc2c(c1)OCO2. The summed E-state index contributed by atoms with van der Waals surface area (Å²) in [6.45, 7) is 0.0778. The van der Waals surface area contributed by atoms with Gasteiger partial charge in [0.05, 0.1) is 11.3 Å². The molecule has 1 N–H and O–H groups in total. The minimum absolute atomic E-state index is 0.0579. The summed E-state index contributed by atoms with van der Waals surface area (Å²) in [6, 6.07) is 15.6. The molecule has 1 aromatic heterocycles. The third-order valence-electron chi connectivity index (χ3n) is 5.16. The maximum Gasteiger partial charge on any atom is 0.300 e. The molecule has 2 aliphatic heterocycles. The second-order valence-corrected chi connectivity index (χ2v) is 7.40. The van der Waals surface area contributed by atoms with E-state index in [1.54, 1.807) is 66.9 Å². The number of pyridine rings is 1. The van der Waals surface area contributed by atoms with Crippen LogP contribution in [-0.4, -0.2) is 28.6 Å². The summed E-state index contributed by atoms with van der Waals surface area (Å²) >= 11 is 5.99. The maximum absolute atomic E-state index is 13.1. The van der Waals surface area contributed by atoms with Crippen molar-refractivity contribution in [2.75, 3.05) is 11.7 Å². The fraction of sp³-hybridized carbons (Fsp3) is 0.0870. The summed E-state index contributed by atoms with van der Waals surface area (Å²) in [5, 5.41) is 11.6. The number of aromatic nitrogens is 1. The van der Waals surface area contributed by atoms with Crippen LogP contribution in [0.1, 0.15) is 17.3 Å². The van der Waals surface area contributed by atoms with Gasteiger partial charge in [-0.05, 0) is 54.6 Å². The fourth-order valence-corrected chi connectivity index (χ4v) is 3.84. The third kappa shape index (κ3) is 3.19. The Morgan fingerprint density at radius 2 is 1.81 bits per heavy atom. The van der Waals surface area contributed by atoms with E-state index in [1.165, 1.54) is 4.90 Å². The summed E-state index contributed by atoms with van der Waals surface area (Å²) in [4.78, 5) is 31.8. The molecule has 0 bridgehead atoms. The van der Waals surface area contributed by atoms with E-state index in [1.807, 2.05) is 0 Å². The van der Waals surface area contributed by atoms with Crippen LogP contribution in [0.3, 0.4) is 0 Å². The number of amides is 1. The molecule has 1 atom stereocenters. The van der Waals surface area contributed by atoms with E-state index in [-0.39, 0.29) is 18.1 Å². The van der Waals surface area contributed by atoms with Crippen LogP contribution in [0, 0.1) is 0 Å². The predicted molar refractivity (Wildman–Crippen MR) is 113 cm³/mol. The van der Waals surface area contributed by atoms with Gasteiger partial charge in [0.15, 0.2) is 11.5 Å². The summed E-state index contributed by atoms with van der Waals surface area (Å²) in [5.41, 5.74) is 1.18. The first-order valence-electron chi connectivity index (χ1n) is 9.42. The fourth-order valence-electron chi connectivity index (χ4n) is 3.72. The zero-order chi connectivity index (χ0) is 21.5. The first kappa shape index (κ1) is 19.1. The van der Waals surface area contributed by atoms with Crippen molar-refractivity contribution < 1.29 is 24.2 Å². The van der Waals surface area contributed by atoms with Crippen molar-refractivity contribution in [3.63, 3.8) is 0 Å². The van der Waals surface area contributed by atoms with Crippen molar-refractivity contribution in [1.29, 1.82) is 0 Å². The Labute approximate surface area is 182 Å². The highest BCUT2D eigenvalue weighted by molar-refractivity contribution is 6.51. The molecule has 154 valence electrons. The second-order valence-electron chi connectivity index (χ2n) is 6.97. The molecule has 0 aliphatic carbocycles. The number of benzene rings is 2. The number of rotatable bonds is 3. The van der Waals surface area contributed by atoms with Crippen molar-refractivity contribution in [3.8, 4) is 11.5 Å². The van der Waals surface area contributed by atoms with Gasteiger partial charge in [-0.15, -0.1) is 0 Å². The number of aliphatic hydroxyl groups is 1. The molecule has 1 saturated heterocycles. The molecule has 2 aliphatic rings. The monoisotopic (exact) mass is 434 g/mol. The van der Waals surface area contributed by atoms with Gasteiger partial charge in [-0.25, -0.2) is 0 Å². The molecule has 1 unspecified atom stereocenters. The summed E-state index contributed by atoms with van der Waals surface area (Å²) in [6.07, 6.45) is 1.57. The van der Waals surface area contributed by atoms with Crippen LogP contribution in [-0.2, 0) is 9.59 Å². The van der Waals surface area contributed by atoms with Gasteiger partial charge in [0.25, 0.3) is 11.7 Å². The lowest BCUT2D eigenvalue weighted by atomic mass is 9.98. The number of fused-ring (bicyclic) bond motifs is 1. The number of hydrogen-bond donors (Lipinski definition) is 1. The molecule has 3 aromatic rings. The van der Waals surface area contributed by atoms with Gasteiger partial charge in [-0.3, -0.25) is 19.5 Å². The molecule has 3 heterocycles. The number of carbonyl (C=O) groups is 2. The largest absolute Gasteiger partial charge is 0.507 e. The highest BCUT2D eigenvalue weighted by Crippen LogP contribution is 2.43. The Morgan fingerprint density at radius 1 is 1.03 bits per heavy atom. The van der Waals surface area contributed by atoms with E-state index in [9.17, 15) is 14.7 Å². The Morgan fingerprint density at radius 3 is 2.55 bits per heavy atom. The van der Waals surface area contributed by atoms with Crippen LogP contribution < -0.4 is 14.4 Å². The Hall–Kier alpha value is -3.84. The van der Waals surface area contributed by atoms with Gasteiger partial charge >= 0.3 is 0 Å². The highest BCUT2D eigenvalue weighted by Gasteiger charge is 2.47. The van der Waals surface area contributed by atoms with E-state index in [0.29, 0.717) is 33.5 Å². The predicted octanol–water partition coefficient (Wildman–Crippen LogP) is 4.09. The Kier molecular flexibility index (Phi) is 4.60. The molecule has 1 fully saturated rings. The molecular weight excluding hydrogens is 420 g/mol.